The van der Waals surface area contributed by atoms with E-state index in [9.17, 15) is 29.4 Å². The van der Waals surface area contributed by atoms with E-state index in [1.54, 1.807) is 13.8 Å². The molecule has 10 heteroatoms. The zero-order valence-electron chi connectivity index (χ0n) is 22.8. The molecule has 0 spiro atoms. The maximum atomic E-state index is 13.7. The Bertz CT molecular complexity index is 1170. The van der Waals surface area contributed by atoms with E-state index in [1.807, 2.05) is 44.2 Å². The molecule has 1 unspecified atom stereocenters. The second kappa shape index (κ2) is 13.3. The Labute approximate surface area is 228 Å². The predicted octanol–water partition coefficient (Wildman–Crippen LogP) is 1.75. The number of nitrogens with one attached hydrogen (secondary N) is 3. The second-order valence-electron chi connectivity index (χ2n) is 10.7. The van der Waals surface area contributed by atoms with Gasteiger partial charge in [-0.25, -0.2) is 4.98 Å². The summed E-state index contributed by atoms with van der Waals surface area (Å²) in [4.78, 5) is 57.0. The maximum Gasteiger partial charge on any atom is 0.274 e. The summed E-state index contributed by atoms with van der Waals surface area (Å²) in [5, 5.41) is 29.6. The van der Waals surface area contributed by atoms with Crippen molar-refractivity contribution in [3.63, 3.8) is 0 Å². The molecule has 0 radical (unpaired) electrons. The van der Waals surface area contributed by atoms with E-state index < -0.39 is 53.8 Å². The molecular weight excluding hydrogens is 500 g/mol. The minimum atomic E-state index is -1.28. The van der Waals surface area contributed by atoms with E-state index >= 15 is 0 Å². The quantitative estimate of drug-likeness (QED) is 0.375. The van der Waals surface area contributed by atoms with E-state index in [0.717, 1.165) is 5.56 Å². The average Bonchev–Trinajstić information content (AvgIpc) is 2.89. The summed E-state index contributed by atoms with van der Waals surface area (Å²) >= 11 is 0. The van der Waals surface area contributed by atoms with Crippen LogP contribution in [0.3, 0.4) is 0 Å². The molecule has 1 aliphatic heterocycles. The first-order valence-electron chi connectivity index (χ1n) is 13.3. The fraction of sp³-hybridized carbons (Fsp3) is 0.483. The Balaban J connectivity index is 1.99. The Morgan fingerprint density at radius 1 is 1.05 bits per heavy atom. The third kappa shape index (κ3) is 7.86. The predicted molar refractivity (Wildman–Crippen MR) is 145 cm³/mol. The van der Waals surface area contributed by atoms with Crippen LogP contribution in [-0.2, 0) is 20.8 Å². The third-order valence-electron chi connectivity index (χ3n) is 7.04. The van der Waals surface area contributed by atoms with E-state index in [-0.39, 0.29) is 36.0 Å². The van der Waals surface area contributed by atoms with Gasteiger partial charge in [-0.15, -0.1) is 0 Å². The van der Waals surface area contributed by atoms with E-state index in [0.29, 0.717) is 6.42 Å². The number of aromatic hydroxyl groups is 1. The molecule has 1 aromatic carbocycles. The Hall–Kier alpha value is -3.79. The fourth-order valence-corrected chi connectivity index (χ4v) is 4.77. The van der Waals surface area contributed by atoms with Crippen LogP contribution in [0.25, 0.3) is 0 Å². The molecule has 2 heterocycles. The highest BCUT2D eigenvalue weighted by atomic mass is 16.3. The number of aromatic nitrogens is 1. The maximum absolute atomic E-state index is 13.7. The van der Waals surface area contributed by atoms with Gasteiger partial charge < -0.3 is 26.2 Å². The molecule has 6 atom stereocenters. The molecule has 210 valence electrons. The number of ketones is 1. The number of hydrogen-bond donors (Lipinski definition) is 5. The Morgan fingerprint density at radius 2 is 1.74 bits per heavy atom. The molecule has 2 aromatic rings. The summed E-state index contributed by atoms with van der Waals surface area (Å²) in [6.45, 7) is 7.08. The number of amides is 3. The summed E-state index contributed by atoms with van der Waals surface area (Å²) < 4.78 is 0. The van der Waals surface area contributed by atoms with Crippen molar-refractivity contribution in [2.75, 3.05) is 0 Å². The normalized spacial score (nSPS) is 26.7. The number of aliphatic hydroxyl groups is 1. The van der Waals surface area contributed by atoms with Gasteiger partial charge in [0.1, 0.15) is 11.8 Å². The number of benzene rings is 1. The van der Waals surface area contributed by atoms with E-state index in [2.05, 4.69) is 20.9 Å². The van der Waals surface area contributed by atoms with Crippen LogP contribution in [0.15, 0.2) is 48.7 Å². The van der Waals surface area contributed by atoms with E-state index in [1.165, 1.54) is 18.3 Å². The molecule has 39 heavy (non-hydrogen) atoms. The number of rotatable bonds is 6. The molecule has 5 N–H and O–H groups in total. The molecule has 0 saturated carbocycles. The minimum absolute atomic E-state index is 0.0927. The largest absolute Gasteiger partial charge is 0.505 e. The van der Waals surface area contributed by atoms with Gasteiger partial charge in [-0.2, -0.15) is 0 Å². The van der Waals surface area contributed by atoms with Crippen LogP contribution >= 0.6 is 0 Å². The number of aliphatic hydroxyl groups excluding tert-OH is 1. The molecule has 3 amide bonds. The van der Waals surface area contributed by atoms with Crippen LogP contribution in [0, 0.1) is 17.8 Å². The molecular formula is C29H38N4O6. The lowest BCUT2D eigenvalue weighted by Crippen LogP contribution is -2.59. The summed E-state index contributed by atoms with van der Waals surface area (Å²) in [6, 6.07) is 9.14. The molecule has 0 bridgehead atoms. The number of pyridine rings is 1. The number of nitrogens with zero attached hydrogens (tertiary/aromatic N) is 1. The van der Waals surface area contributed by atoms with Crippen LogP contribution in [0.4, 0.5) is 0 Å². The monoisotopic (exact) mass is 538 g/mol. The van der Waals surface area contributed by atoms with Crippen molar-refractivity contribution in [3.05, 3.63) is 59.9 Å². The first-order valence-corrected chi connectivity index (χ1v) is 13.3. The summed E-state index contributed by atoms with van der Waals surface area (Å²) in [5.74, 6) is -4.01. The van der Waals surface area contributed by atoms with Crippen LogP contribution in [-0.4, -0.2) is 62.9 Å². The van der Waals surface area contributed by atoms with Crippen molar-refractivity contribution in [2.45, 2.75) is 71.2 Å². The summed E-state index contributed by atoms with van der Waals surface area (Å²) in [6.07, 6.45) is 0.587. The molecule has 1 fully saturated rings. The van der Waals surface area contributed by atoms with Gasteiger partial charge >= 0.3 is 0 Å². The van der Waals surface area contributed by atoms with Gasteiger partial charge in [0.25, 0.3) is 5.91 Å². The molecule has 1 aromatic heterocycles. The molecule has 1 aliphatic rings. The lowest BCUT2D eigenvalue weighted by Gasteiger charge is -2.33. The van der Waals surface area contributed by atoms with E-state index in [4.69, 9.17) is 0 Å². The van der Waals surface area contributed by atoms with Crippen LogP contribution in [0.5, 0.6) is 5.75 Å². The average molecular weight is 539 g/mol. The van der Waals surface area contributed by atoms with Crippen molar-refractivity contribution in [2.24, 2.45) is 17.8 Å². The number of Topliss-reactive ketones (excluding diaryl/α,β-unsaturated/α-hetero) is 1. The van der Waals surface area contributed by atoms with Gasteiger partial charge in [-0.3, -0.25) is 19.2 Å². The highest BCUT2D eigenvalue weighted by molar-refractivity contribution is 5.98. The third-order valence-corrected chi connectivity index (χ3v) is 7.04. The van der Waals surface area contributed by atoms with Gasteiger partial charge in [0.05, 0.1) is 24.1 Å². The van der Waals surface area contributed by atoms with Gasteiger partial charge in [0.15, 0.2) is 11.5 Å². The summed E-state index contributed by atoms with van der Waals surface area (Å²) in [7, 11) is 0. The first kappa shape index (κ1) is 29.8. The highest BCUT2D eigenvalue weighted by Crippen LogP contribution is 2.21. The van der Waals surface area contributed by atoms with Gasteiger partial charge in [-0.05, 0) is 42.4 Å². The fourth-order valence-electron chi connectivity index (χ4n) is 4.77. The smallest absolute Gasteiger partial charge is 0.274 e. The van der Waals surface area contributed by atoms with Crippen molar-refractivity contribution in [3.8, 4) is 5.75 Å². The lowest BCUT2D eigenvalue weighted by atomic mass is 9.87. The van der Waals surface area contributed by atoms with Crippen molar-refractivity contribution >= 4 is 23.5 Å². The van der Waals surface area contributed by atoms with Crippen molar-refractivity contribution in [1.29, 1.82) is 0 Å². The molecule has 3 rings (SSSR count). The minimum Gasteiger partial charge on any atom is -0.505 e. The first-order chi connectivity index (χ1) is 18.5. The van der Waals surface area contributed by atoms with Crippen LogP contribution < -0.4 is 16.0 Å². The Morgan fingerprint density at radius 3 is 2.38 bits per heavy atom. The van der Waals surface area contributed by atoms with Gasteiger partial charge in [-0.1, -0.05) is 58.0 Å². The lowest BCUT2D eigenvalue weighted by molar-refractivity contribution is -0.136. The highest BCUT2D eigenvalue weighted by Gasteiger charge is 2.38. The summed E-state index contributed by atoms with van der Waals surface area (Å²) in [5.41, 5.74) is 0.579. The van der Waals surface area contributed by atoms with Gasteiger partial charge in [0.2, 0.25) is 11.8 Å². The number of carbonyl (C=O) groups is 4. The zero-order chi connectivity index (χ0) is 28.7. The van der Waals surface area contributed by atoms with Crippen LogP contribution in [0.1, 0.15) is 56.6 Å². The second-order valence-corrected chi connectivity index (χ2v) is 10.7. The number of carbonyl (C=O) groups excluding carboxylic acids is 4. The van der Waals surface area contributed by atoms with Gasteiger partial charge in [0, 0.05) is 12.6 Å². The van der Waals surface area contributed by atoms with Crippen LogP contribution in [0.2, 0.25) is 0 Å². The SMILES string of the molecule is CC(C)CC1NC(=O)[C@H](C)[C@H](O)[C@H](Cc2ccccc2)NC(=O)[C@@H](NC(=O)c2ncccc2O)[C@@H](C)CC1=O. The van der Waals surface area contributed by atoms with Crippen molar-refractivity contribution < 1.29 is 29.4 Å². The van der Waals surface area contributed by atoms with Crippen molar-refractivity contribution in [1.82, 2.24) is 20.9 Å². The number of hydrogen-bond acceptors (Lipinski definition) is 7. The standard InChI is InChI=1S/C29H38N4O6/c1-16(2)13-20-23(35)14-17(3)24(33-29(39)25-22(34)11-8-12-30-25)28(38)32-21(15-19-9-6-5-7-10-19)26(36)18(4)27(37)31-20/h5-12,16-18,20-21,24,26,34,36H,13-15H2,1-4H3,(H,31,37)(H,32,38)(H,33,39)/t17-,18+,20?,21-,24-,26-/m0/s1. The topological polar surface area (TPSA) is 158 Å². The molecule has 0 aliphatic carbocycles. The Kier molecular flexibility index (Phi) is 10.2. The zero-order valence-corrected chi connectivity index (χ0v) is 22.8. The molecule has 1 saturated heterocycles. The molecule has 10 nitrogen and oxygen atoms in total.